The molecule has 2 N–H and O–H groups in total. The molecular formula is C17H17BrN4O. The van der Waals surface area contributed by atoms with E-state index in [1.54, 1.807) is 4.68 Å². The van der Waals surface area contributed by atoms with E-state index in [1.807, 2.05) is 43.7 Å². The molecule has 6 heteroatoms. The first-order valence-corrected chi connectivity index (χ1v) is 8.45. The van der Waals surface area contributed by atoms with Crippen molar-refractivity contribution in [3.05, 3.63) is 52.4 Å². The third-order valence-corrected chi connectivity index (χ3v) is 5.14. The molecule has 1 amide bonds. The van der Waals surface area contributed by atoms with E-state index in [1.165, 1.54) is 0 Å². The van der Waals surface area contributed by atoms with Crippen molar-refractivity contribution in [3.8, 4) is 0 Å². The minimum absolute atomic E-state index is 0.0686. The maximum atomic E-state index is 12.7. The van der Waals surface area contributed by atoms with Crippen LogP contribution < -0.4 is 5.32 Å². The van der Waals surface area contributed by atoms with Gasteiger partial charge in [-0.05, 0) is 43.5 Å². The predicted octanol–water partition coefficient (Wildman–Crippen LogP) is 3.47. The van der Waals surface area contributed by atoms with Crippen LogP contribution in [0.25, 0.3) is 10.9 Å². The van der Waals surface area contributed by atoms with Crippen molar-refractivity contribution in [2.24, 2.45) is 7.05 Å². The normalized spacial score (nSPS) is 16.3. The highest BCUT2D eigenvalue weighted by Gasteiger charge is 2.41. The predicted molar refractivity (Wildman–Crippen MR) is 92.2 cm³/mol. The standard InChI is InChI=1S/C17H17BrN4O/c1-22-10-12(9-19-22)17(5-2-6-17)21-16(23)15-8-11-7-13(18)3-4-14(11)20-15/h3-4,7-10,20H,2,5-6H2,1H3,(H,21,23). The van der Waals surface area contributed by atoms with Gasteiger partial charge >= 0.3 is 0 Å². The number of carbonyl (C=O) groups is 1. The quantitative estimate of drug-likeness (QED) is 0.739. The highest BCUT2D eigenvalue weighted by atomic mass is 79.9. The number of hydrogen-bond donors (Lipinski definition) is 2. The van der Waals surface area contributed by atoms with Gasteiger partial charge in [0.15, 0.2) is 0 Å². The number of aromatic nitrogens is 3. The van der Waals surface area contributed by atoms with Crippen LogP contribution in [-0.2, 0) is 12.6 Å². The largest absolute Gasteiger partial charge is 0.351 e. The topological polar surface area (TPSA) is 62.7 Å². The van der Waals surface area contributed by atoms with Crippen LogP contribution in [0.2, 0.25) is 0 Å². The monoisotopic (exact) mass is 372 g/mol. The molecule has 0 spiro atoms. The number of halogens is 1. The summed E-state index contributed by atoms with van der Waals surface area (Å²) in [6, 6.07) is 7.83. The van der Waals surface area contributed by atoms with E-state index in [9.17, 15) is 4.79 Å². The molecule has 0 atom stereocenters. The first kappa shape index (κ1) is 14.5. The van der Waals surface area contributed by atoms with Gasteiger partial charge in [0.05, 0.1) is 11.7 Å². The van der Waals surface area contributed by atoms with Crippen molar-refractivity contribution >= 4 is 32.7 Å². The number of carbonyl (C=O) groups excluding carboxylic acids is 1. The number of hydrogen-bond acceptors (Lipinski definition) is 2. The Hall–Kier alpha value is -2.08. The zero-order chi connectivity index (χ0) is 16.0. The van der Waals surface area contributed by atoms with Crippen molar-refractivity contribution in [1.82, 2.24) is 20.1 Å². The molecule has 1 aromatic carbocycles. The lowest BCUT2D eigenvalue weighted by molar-refractivity contribution is 0.0819. The first-order valence-electron chi connectivity index (χ1n) is 7.66. The third-order valence-electron chi connectivity index (χ3n) is 4.64. The van der Waals surface area contributed by atoms with Gasteiger partial charge in [0.2, 0.25) is 0 Å². The van der Waals surface area contributed by atoms with E-state index in [0.717, 1.165) is 40.2 Å². The van der Waals surface area contributed by atoms with Gasteiger partial charge in [0.1, 0.15) is 5.69 Å². The van der Waals surface area contributed by atoms with Crippen LogP contribution in [0.3, 0.4) is 0 Å². The molecule has 2 heterocycles. The molecule has 1 aliphatic rings. The minimum Gasteiger partial charge on any atom is -0.351 e. The number of rotatable bonds is 3. The fourth-order valence-corrected chi connectivity index (χ4v) is 3.57. The molecule has 5 nitrogen and oxygen atoms in total. The number of fused-ring (bicyclic) bond motifs is 1. The van der Waals surface area contributed by atoms with Crippen molar-refractivity contribution in [2.75, 3.05) is 0 Å². The average Bonchev–Trinajstić information content (AvgIpc) is 3.08. The summed E-state index contributed by atoms with van der Waals surface area (Å²) >= 11 is 3.46. The molecule has 3 aromatic rings. The van der Waals surface area contributed by atoms with Crippen molar-refractivity contribution < 1.29 is 4.79 Å². The van der Waals surface area contributed by atoms with Gasteiger partial charge in [0.25, 0.3) is 5.91 Å². The van der Waals surface area contributed by atoms with E-state index < -0.39 is 0 Å². The summed E-state index contributed by atoms with van der Waals surface area (Å²) in [5.74, 6) is -0.0686. The number of nitrogens with one attached hydrogen (secondary N) is 2. The van der Waals surface area contributed by atoms with Gasteiger partial charge in [-0.25, -0.2) is 0 Å². The van der Waals surface area contributed by atoms with E-state index >= 15 is 0 Å². The van der Waals surface area contributed by atoms with Crippen LogP contribution in [0, 0.1) is 0 Å². The number of amides is 1. The van der Waals surface area contributed by atoms with Gasteiger partial charge in [-0.15, -0.1) is 0 Å². The Kier molecular flexibility index (Phi) is 3.30. The summed E-state index contributed by atoms with van der Waals surface area (Å²) < 4.78 is 2.78. The van der Waals surface area contributed by atoms with E-state index in [0.29, 0.717) is 5.69 Å². The Bertz CT molecular complexity index is 891. The Morgan fingerprint density at radius 2 is 2.22 bits per heavy atom. The molecule has 1 saturated carbocycles. The second-order valence-electron chi connectivity index (χ2n) is 6.21. The number of H-pyrrole nitrogens is 1. The van der Waals surface area contributed by atoms with Gasteiger partial charge in [-0.2, -0.15) is 5.10 Å². The van der Waals surface area contributed by atoms with Gasteiger partial charge in [-0.3, -0.25) is 9.48 Å². The van der Waals surface area contributed by atoms with E-state index in [2.05, 4.69) is 31.3 Å². The van der Waals surface area contributed by atoms with Crippen LogP contribution in [0.1, 0.15) is 35.3 Å². The molecule has 118 valence electrons. The van der Waals surface area contributed by atoms with Crippen LogP contribution in [0.15, 0.2) is 41.1 Å². The first-order chi connectivity index (χ1) is 11.1. The summed E-state index contributed by atoms with van der Waals surface area (Å²) in [6.07, 6.45) is 6.87. The van der Waals surface area contributed by atoms with Crippen LogP contribution in [-0.4, -0.2) is 20.7 Å². The Morgan fingerprint density at radius 1 is 1.39 bits per heavy atom. The third kappa shape index (κ3) is 2.47. The summed E-state index contributed by atoms with van der Waals surface area (Å²) in [5.41, 5.74) is 2.36. The van der Waals surface area contributed by atoms with Crippen LogP contribution in [0.5, 0.6) is 0 Å². The number of aryl methyl sites for hydroxylation is 1. The number of aromatic amines is 1. The fraction of sp³-hybridized carbons (Fsp3) is 0.294. The Morgan fingerprint density at radius 3 is 2.87 bits per heavy atom. The molecule has 1 aliphatic carbocycles. The molecule has 0 bridgehead atoms. The summed E-state index contributed by atoms with van der Waals surface area (Å²) in [4.78, 5) is 15.9. The number of nitrogens with zero attached hydrogens (tertiary/aromatic N) is 2. The number of benzene rings is 1. The average molecular weight is 373 g/mol. The fourth-order valence-electron chi connectivity index (χ4n) is 3.19. The molecule has 1 fully saturated rings. The maximum Gasteiger partial charge on any atom is 0.268 e. The minimum atomic E-state index is -0.275. The van der Waals surface area contributed by atoms with Crippen molar-refractivity contribution in [3.63, 3.8) is 0 Å². The molecule has 0 unspecified atom stereocenters. The van der Waals surface area contributed by atoms with Gasteiger partial charge in [0, 0.05) is 34.2 Å². The second kappa shape index (κ2) is 5.23. The highest BCUT2D eigenvalue weighted by molar-refractivity contribution is 9.10. The van der Waals surface area contributed by atoms with Crippen LogP contribution >= 0.6 is 15.9 Å². The molecule has 0 saturated heterocycles. The lowest BCUT2D eigenvalue weighted by atomic mass is 9.73. The summed E-state index contributed by atoms with van der Waals surface area (Å²) in [5, 5.41) is 8.48. The van der Waals surface area contributed by atoms with E-state index in [4.69, 9.17) is 0 Å². The highest BCUT2D eigenvalue weighted by Crippen LogP contribution is 2.41. The second-order valence-corrected chi connectivity index (χ2v) is 7.12. The van der Waals surface area contributed by atoms with Gasteiger partial charge < -0.3 is 10.3 Å². The Balaban J connectivity index is 1.63. The zero-order valence-corrected chi connectivity index (χ0v) is 14.4. The zero-order valence-electron chi connectivity index (χ0n) is 12.8. The summed E-state index contributed by atoms with van der Waals surface area (Å²) in [7, 11) is 1.90. The summed E-state index contributed by atoms with van der Waals surface area (Å²) in [6.45, 7) is 0. The molecule has 23 heavy (non-hydrogen) atoms. The molecule has 0 aliphatic heterocycles. The van der Waals surface area contributed by atoms with Crippen molar-refractivity contribution in [1.29, 1.82) is 0 Å². The maximum absolute atomic E-state index is 12.7. The molecule has 2 aromatic heterocycles. The van der Waals surface area contributed by atoms with Crippen molar-refractivity contribution in [2.45, 2.75) is 24.8 Å². The SMILES string of the molecule is Cn1cc(C2(NC(=O)c3cc4cc(Br)ccc4[nH]3)CCC2)cn1. The molecule has 4 rings (SSSR count). The van der Waals surface area contributed by atoms with E-state index in [-0.39, 0.29) is 11.4 Å². The smallest absolute Gasteiger partial charge is 0.268 e. The lowest BCUT2D eigenvalue weighted by Gasteiger charge is -2.41. The Labute approximate surface area is 142 Å². The molecule has 0 radical (unpaired) electrons. The molecular weight excluding hydrogens is 356 g/mol. The van der Waals surface area contributed by atoms with Gasteiger partial charge in [-0.1, -0.05) is 15.9 Å². The lowest BCUT2D eigenvalue weighted by Crippen LogP contribution is -2.50. The van der Waals surface area contributed by atoms with Crippen LogP contribution in [0.4, 0.5) is 0 Å².